The number of benzene rings is 2. The maximum absolute atomic E-state index is 13.6. The number of aryl methyl sites for hydroxylation is 1. The van der Waals surface area contributed by atoms with Crippen LogP contribution in [-0.2, 0) is 27.2 Å². The van der Waals surface area contributed by atoms with Gasteiger partial charge < -0.3 is 25.3 Å². The first kappa shape index (κ1) is 28.1. The molecule has 4 rings (SSSR count). The molecule has 2 atom stereocenters. The molecule has 9 heteroatoms. The molecule has 2 aromatic carbocycles. The van der Waals surface area contributed by atoms with Crippen molar-refractivity contribution in [1.82, 2.24) is 15.6 Å². The molecule has 2 amide bonds. The van der Waals surface area contributed by atoms with Crippen LogP contribution in [0.3, 0.4) is 0 Å². The average Bonchev–Trinajstić information content (AvgIpc) is 3.34. The van der Waals surface area contributed by atoms with E-state index in [1.165, 1.54) is 6.42 Å². The maximum Gasteiger partial charge on any atom is 0.303 e. The zero-order valence-electron chi connectivity index (χ0n) is 22.1. The average molecular weight is 536 g/mol. The van der Waals surface area contributed by atoms with Crippen LogP contribution in [0.5, 0.6) is 5.75 Å². The number of nitrogens with zero attached hydrogens (tertiary/aromatic N) is 1. The van der Waals surface area contributed by atoms with E-state index in [1.807, 2.05) is 36.4 Å². The first-order valence-electron chi connectivity index (χ1n) is 13.8. The number of nitrogens with one attached hydrogen (secondary N) is 2. The number of carboxylic acid groups (broad SMARTS) is 1. The molecule has 3 aromatic rings. The lowest BCUT2D eigenvalue weighted by Crippen LogP contribution is -2.51. The highest BCUT2D eigenvalue weighted by atomic mass is 16.4. The quantitative estimate of drug-likeness (QED) is 0.252. The van der Waals surface area contributed by atoms with E-state index in [1.54, 1.807) is 12.1 Å². The maximum atomic E-state index is 13.6. The number of aromatic hydroxyl groups is 1. The van der Waals surface area contributed by atoms with Gasteiger partial charge in [-0.15, -0.1) is 0 Å². The first-order chi connectivity index (χ1) is 18.9. The number of carboxylic acids is 1. The van der Waals surface area contributed by atoms with Crippen molar-refractivity contribution < 1.29 is 29.0 Å². The summed E-state index contributed by atoms with van der Waals surface area (Å²) in [4.78, 5) is 41.6. The molecule has 1 fully saturated rings. The molecule has 1 heterocycles. The Bertz CT molecular complexity index is 1230. The van der Waals surface area contributed by atoms with Crippen molar-refractivity contribution >= 4 is 28.9 Å². The van der Waals surface area contributed by atoms with Gasteiger partial charge in [0.15, 0.2) is 11.5 Å². The predicted octanol–water partition coefficient (Wildman–Crippen LogP) is 4.51. The summed E-state index contributed by atoms with van der Waals surface area (Å²) in [6.45, 7) is 0. The molecule has 0 aliphatic heterocycles. The van der Waals surface area contributed by atoms with Crippen LogP contribution < -0.4 is 10.6 Å². The van der Waals surface area contributed by atoms with Gasteiger partial charge in [-0.1, -0.05) is 62.4 Å². The standard InChI is InChI=1S/C30H37N3O6/c34-25-12-6-4-10-21(25)14-15-22(19-28-33-23-11-5-7-13-26(23)39-28)31-30(38)24(18-20-8-2-1-3-9-20)32-27(35)16-17-29(36)37/h4-7,10-13,20,22,24,34H,1-3,8-9,14-19H2,(H,31,38)(H,32,35)(H,36,37)/t22?,24-/m0/s1. The second-order valence-corrected chi connectivity index (χ2v) is 10.4. The molecule has 0 saturated heterocycles. The van der Waals surface area contributed by atoms with Crippen molar-refractivity contribution in [3.63, 3.8) is 0 Å². The molecule has 1 unspecified atom stereocenters. The number of rotatable bonds is 13. The molecule has 0 radical (unpaired) electrons. The van der Waals surface area contributed by atoms with E-state index in [-0.39, 0.29) is 30.5 Å². The number of phenols is 1. The minimum atomic E-state index is -1.05. The second kappa shape index (κ2) is 13.8. The van der Waals surface area contributed by atoms with E-state index in [0.717, 1.165) is 36.8 Å². The molecular formula is C30H37N3O6. The lowest BCUT2D eigenvalue weighted by Gasteiger charge is -2.28. The Labute approximate surface area is 228 Å². The number of aromatic nitrogens is 1. The molecule has 0 spiro atoms. The van der Waals surface area contributed by atoms with E-state index in [0.29, 0.717) is 43.1 Å². The molecule has 208 valence electrons. The number of carbonyl (C=O) groups is 3. The van der Waals surface area contributed by atoms with Crippen LogP contribution in [0.25, 0.3) is 11.1 Å². The smallest absolute Gasteiger partial charge is 0.303 e. The fourth-order valence-electron chi connectivity index (χ4n) is 5.27. The number of fused-ring (bicyclic) bond motifs is 1. The molecule has 39 heavy (non-hydrogen) atoms. The van der Waals surface area contributed by atoms with E-state index in [2.05, 4.69) is 15.6 Å². The highest BCUT2D eigenvalue weighted by molar-refractivity contribution is 5.88. The van der Waals surface area contributed by atoms with Gasteiger partial charge in [0.25, 0.3) is 0 Å². The van der Waals surface area contributed by atoms with Crippen molar-refractivity contribution in [2.45, 2.75) is 82.7 Å². The van der Waals surface area contributed by atoms with Crippen LogP contribution in [0.15, 0.2) is 52.9 Å². The number of phenolic OH excluding ortho intramolecular Hbond substituents is 1. The number of oxazole rings is 1. The van der Waals surface area contributed by atoms with E-state index in [4.69, 9.17) is 9.52 Å². The predicted molar refractivity (Wildman–Crippen MR) is 146 cm³/mol. The van der Waals surface area contributed by atoms with Crippen LogP contribution in [0.4, 0.5) is 0 Å². The van der Waals surface area contributed by atoms with Gasteiger partial charge in [-0.05, 0) is 48.9 Å². The summed E-state index contributed by atoms with van der Waals surface area (Å²) in [5.41, 5.74) is 2.17. The molecule has 1 saturated carbocycles. The molecule has 4 N–H and O–H groups in total. The largest absolute Gasteiger partial charge is 0.508 e. The van der Waals surface area contributed by atoms with Gasteiger partial charge in [0, 0.05) is 18.9 Å². The van der Waals surface area contributed by atoms with Gasteiger partial charge in [-0.3, -0.25) is 14.4 Å². The van der Waals surface area contributed by atoms with Gasteiger partial charge in [0.05, 0.1) is 6.42 Å². The summed E-state index contributed by atoms with van der Waals surface area (Å²) in [7, 11) is 0. The summed E-state index contributed by atoms with van der Waals surface area (Å²) in [6.07, 6.45) is 6.84. The third-order valence-electron chi connectivity index (χ3n) is 7.37. The normalized spacial score (nSPS) is 15.5. The summed E-state index contributed by atoms with van der Waals surface area (Å²) in [6, 6.07) is 13.4. The lowest BCUT2D eigenvalue weighted by molar-refractivity contribution is -0.139. The van der Waals surface area contributed by atoms with Crippen molar-refractivity contribution in [2.75, 3.05) is 0 Å². The Morgan fingerprint density at radius 3 is 2.46 bits per heavy atom. The van der Waals surface area contributed by atoms with Crippen molar-refractivity contribution in [2.24, 2.45) is 5.92 Å². The Balaban J connectivity index is 1.49. The number of para-hydroxylation sites is 3. The van der Waals surface area contributed by atoms with E-state index >= 15 is 0 Å². The number of hydrogen-bond acceptors (Lipinski definition) is 6. The Hall–Kier alpha value is -3.88. The highest BCUT2D eigenvalue weighted by Crippen LogP contribution is 2.28. The first-order valence-corrected chi connectivity index (χ1v) is 13.8. The Morgan fingerprint density at radius 1 is 0.974 bits per heavy atom. The Morgan fingerprint density at radius 2 is 1.72 bits per heavy atom. The number of carbonyl (C=O) groups excluding carboxylic acids is 2. The molecular weight excluding hydrogens is 498 g/mol. The number of amides is 2. The molecule has 1 aliphatic rings. The van der Waals surface area contributed by atoms with Crippen molar-refractivity contribution in [3.8, 4) is 5.75 Å². The van der Waals surface area contributed by atoms with Crippen LogP contribution in [0.1, 0.15) is 69.2 Å². The van der Waals surface area contributed by atoms with Gasteiger partial charge in [-0.25, -0.2) is 4.98 Å². The topological polar surface area (TPSA) is 142 Å². The van der Waals surface area contributed by atoms with E-state index in [9.17, 15) is 19.5 Å². The van der Waals surface area contributed by atoms with Crippen molar-refractivity contribution in [3.05, 3.63) is 60.0 Å². The second-order valence-electron chi connectivity index (χ2n) is 10.4. The molecule has 1 aromatic heterocycles. The third-order valence-corrected chi connectivity index (χ3v) is 7.37. The number of hydrogen-bond donors (Lipinski definition) is 4. The van der Waals surface area contributed by atoms with Gasteiger partial charge in [0.1, 0.15) is 17.3 Å². The zero-order chi connectivity index (χ0) is 27.6. The highest BCUT2D eigenvalue weighted by Gasteiger charge is 2.28. The summed E-state index contributed by atoms with van der Waals surface area (Å²) >= 11 is 0. The van der Waals surface area contributed by atoms with Gasteiger partial charge in [-0.2, -0.15) is 0 Å². The van der Waals surface area contributed by atoms with Crippen molar-refractivity contribution in [1.29, 1.82) is 0 Å². The fraction of sp³-hybridized carbons (Fsp3) is 0.467. The van der Waals surface area contributed by atoms with Crippen LogP contribution >= 0.6 is 0 Å². The van der Waals surface area contributed by atoms with Gasteiger partial charge >= 0.3 is 5.97 Å². The van der Waals surface area contributed by atoms with Gasteiger partial charge in [0.2, 0.25) is 11.8 Å². The zero-order valence-corrected chi connectivity index (χ0v) is 22.1. The minimum absolute atomic E-state index is 0.177. The third kappa shape index (κ3) is 8.56. The summed E-state index contributed by atoms with van der Waals surface area (Å²) in [5.74, 6) is -0.786. The number of aliphatic carboxylic acids is 1. The van der Waals surface area contributed by atoms with Crippen LogP contribution in [0, 0.1) is 5.92 Å². The summed E-state index contributed by atoms with van der Waals surface area (Å²) in [5, 5.41) is 25.1. The van der Waals surface area contributed by atoms with Crippen LogP contribution in [0.2, 0.25) is 0 Å². The monoisotopic (exact) mass is 535 g/mol. The fourth-order valence-corrected chi connectivity index (χ4v) is 5.27. The Kier molecular flexibility index (Phi) is 9.94. The SMILES string of the molecule is O=C(O)CCC(=O)N[C@@H](CC1CCCCC1)C(=O)NC(CCc1ccccc1O)Cc1nc2ccccc2o1. The molecule has 9 nitrogen and oxygen atoms in total. The molecule has 0 bridgehead atoms. The summed E-state index contributed by atoms with van der Waals surface area (Å²) < 4.78 is 5.92. The lowest BCUT2D eigenvalue weighted by atomic mass is 9.84. The minimum Gasteiger partial charge on any atom is -0.508 e. The van der Waals surface area contributed by atoms with Crippen LogP contribution in [-0.4, -0.2) is 45.1 Å². The molecule has 1 aliphatic carbocycles. The van der Waals surface area contributed by atoms with E-state index < -0.39 is 17.9 Å².